The van der Waals surface area contributed by atoms with Gasteiger partial charge in [-0.2, -0.15) is 4.98 Å². The maximum atomic E-state index is 10.8. The van der Waals surface area contributed by atoms with E-state index in [2.05, 4.69) is 9.97 Å². The van der Waals surface area contributed by atoms with Gasteiger partial charge < -0.3 is 26.0 Å². The van der Waals surface area contributed by atoms with Crippen LogP contribution in [0, 0.1) is 0 Å². The van der Waals surface area contributed by atoms with Crippen molar-refractivity contribution in [2.24, 2.45) is 0 Å². The molecule has 1 saturated carbocycles. The van der Waals surface area contributed by atoms with E-state index in [4.69, 9.17) is 26.0 Å². The van der Waals surface area contributed by atoms with Crippen LogP contribution in [0.4, 0.5) is 11.8 Å². The van der Waals surface area contributed by atoms with E-state index in [0.29, 0.717) is 43.5 Å². The normalized spacial score (nSPS) is 13.3. The van der Waals surface area contributed by atoms with Crippen molar-refractivity contribution in [1.82, 2.24) is 9.97 Å². The summed E-state index contributed by atoms with van der Waals surface area (Å²) in [5.41, 5.74) is 13.3. The third kappa shape index (κ3) is 5.22. The van der Waals surface area contributed by atoms with Crippen molar-refractivity contribution >= 4 is 17.7 Å². The standard InChI is InChI=1S/C19H24N4O4/c20-18-17(16(13-6-7-13)22-19(21)23-18)27-11-3-10-26-14-5-2-1-4-12(14)8-9-15(24)25/h1-2,4-5,13H,3,6-11H2,(H,24,25)(H4,20,21,22,23). The van der Waals surface area contributed by atoms with Gasteiger partial charge in [0.25, 0.3) is 0 Å². The average Bonchev–Trinajstić information content (AvgIpc) is 3.46. The van der Waals surface area contributed by atoms with Gasteiger partial charge >= 0.3 is 5.97 Å². The van der Waals surface area contributed by atoms with Gasteiger partial charge in [0.05, 0.1) is 18.9 Å². The summed E-state index contributed by atoms with van der Waals surface area (Å²) in [6.07, 6.45) is 3.27. The molecule has 1 aromatic heterocycles. The summed E-state index contributed by atoms with van der Waals surface area (Å²) in [5.74, 6) is 1.19. The first kappa shape index (κ1) is 18.8. The number of benzene rings is 1. The Morgan fingerprint density at radius 3 is 2.63 bits per heavy atom. The van der Waals surface area contributed by atoms with Crippen LogP contribution in [0.3, 0.4) is 0 Å². The minimum absolute atomic E-state index is 0.0733. The molecule has 0 unspecified atom stereocenters. The first-order chi connectivity index (χ1) is 13.0. The Hall–Kier alpha value is -3.03. The third-order valence-corrected chi connectivity index (χ3v) is 4.27. The number of para-hydroxylation sites is 1. The topological polar surface area (TPSA) is 134 Å². The first-order valence-corrected chi connectivity index (χ1v) is 9.02. The number of carboxylic acid groups (broad SMARTS) is 1. The van der Waals surface area contributed by atoms with E-state index in [9.17, 15) is 4.79 Å². The second kappa shape index (κ2) is 8.57. The summed E-state index contributed by atoms with van der Waals surface area (Å²) in [5, 5.41) is 8.84. The summed E-state index contributed by atoms with van der Waals surface area (Å²) in [6, 6.07) is 7.46. The molecule has 5 N–H and O–H groups in total. The minimum atomic E-state index is -0.826. The van der Waals surface area contributed by atoms with Gasteiger partial charge in [0, 0.05) is 18.8 Å². The number of carbonyl (C=O) groups is 1. The molecule has 1 fully saturated rings. The van der Waals surface area contributed by atoms with Gasteiger partial charge in [-0.15, -0.1) is 0 Å². The van der Waals surface area contributed by atoms with E-state index in [0.717, 1.165) is 24.1 Å². The number of aromatic nitrogens is 2. The third-order valence-electron chi connectivity index (χ3n) is 4.27. The van der Waals surface area contributed by atoms with Crippen molar-refractivity contribution in [3.63, 3.8) is 0 Å². The summed E-state index contributed by atoms with van der Waals surface area (Å²) in [4.78, 5) is 19.0. The van der Waals surface area contributed by atoms with Crippen molar-refractivity contribution in [2.45, 2.75) is 38.0 Å². The van der Waals surface area contributed by atoms with E-state index >= 15 is 0 Å². The number of aryl methyl sites for hydroxylation is 1. The second-order valence-corrected chi connectivity index (χ2v) is 6.51. The molecule has 2 aromatic rings. The zero-order valence-electron chi connectivity index (χ0n) is 15.1. The minimum Gasteiger partial charge on any atom is -0.493 e. The molecule has 8 heteroatoms. The smallest absolute Gasteiger partial charge is 0.303 e. The second-order valence-electron chi connectivity index (χ2n) is 6.51. The highest BCUT2D eigenvalue weighted by atomic mass is 16.5. The molecular weight excluding hydrogens is 348 g/mol. The van der Waals surface area contributed by atoms with Crippen LogP contribution in [0.5, 0.6) is 11.5 Å². The molecule has 0 saturated heterocycles. The molecule has 0 spiro atoms. The Morgan fingerprint density at radius 2 is 1.89 bits per heavy atom. The predicted molar refractivity (Wildman–Crippen MR) is 101 cm³/mol. The Bertz CT molecular complexity index is 808. The van der Waals surface area contributed by atoms with Crippen molar-refractivity contribution in [1.29, 1.82) is 0 Å². The van der Waals surface area contributed by atoms with Crippen LogP contribution in [-0.4, -0.2) is 34.3 Å². The molecule has 144 valence electrons. The van der Waals surface area contributed by atoms with Crippen molar-refractivity contribution in [2.75, 3.05) is 24.7 Å². The highest BCUT2D eigenvalue weighted by Gasteiger charge is 2.30. The van der Waals surface area contributed by atoms with Crippen LogP contribution >= 0.6 is 0 Å². The quantitative estimate of drug-likeness (QED) is 0.541. The Labute approximate surface area is 157 Å². The molecule has 3 rings (SSSR count). The monoisotopic (exact) mass is 372 g/mol. The molecule has 1 aliphatic rings. The van der Waals surface area contributed by atoms with E-state index in [1.165, 1.54) is 0 Å². The Balaban J connectivity index is 1.50. The molecule has 1 aliphatic carbocycles. The van der Waals surface area contributed by atoms with Gasteiger partial charge in [-0.25, -0.2) is 4.98 Å². The largest absolute Gasteiger partial charge is 0.493 e. The zero-order valence-corrected chi connectivity index (χ0v) is 15.1. The number of nitrogens with zero attached hydrogens (tertiary/aromatic N) is 2. The number of hydrogen-bond acceptors (Lipinski definition) is 7. The van der Waals surface area contributed by atoms with Gasteiger partial charge in [0.2, 0.25) is 5.95 Å². The molecule has 0 radical (unpaired) electrons. The summed E-state index contributed by atoms with van der Waals surface area (Å²) < 4.78 is 11.6. The van der Waals surface area contributed by atoms with Crippen LogP contribution in [0.1, 0.15) is 42.9 Å². The molecule has 0 amide bonds. The Kier molecular flexibility index (Phi) is 5.95. The van der Waals surface area contributed by atoms with E-state index in [-0.39, 0.29) is 18.2 Å². The maximum Gasteiger partial charge on any atom is 0.303 e. The Morgan fingerprint density at radius 1 is 1.15 bits per heavy atom. The fraction of sp³-hybridized carbons (Fsp3) is 0.421. The van der Waals surface area contributed by atoms with Gasteiger partial charge in [0.15, 0.2) is 11.6 Å². The van der Waals surface area contributed by atoms with Crippen molar-refractivity contribution in [3.05, 3.63) is 35.5 Å². The van der Waals surface area contributed by atoms with Gasteiger partial charge in [-0.1, -0.05) is 18.2 Å². The first-order valence-electron chi connectivity index (χ1n) is 9.02. The van der Waals surface area contributed by atoms with Crippen LogP contribution in [-0.2, 0) is 11.2 Å². The highest BCUT2D eigenvalue weighted by Crippen LogP contribution is 2.44. The predicted octanol–water partition coefficient (Wildman–Crippen LogP) is 2.38. The SMILES string of the molecule is Nc1nc(N)c(OCCCOc2ccccc2CCC(=O)O)c(C2CC2)n1. The van der Waals surface area contributed by atoms with Crippen LogP contribution < -0.4 is 20.9 Å². The number of nitrogen functional groups attached to an aromatic ring is 2. The molecule has 1 heterocycles. The fourth-order valence-electron chi connectivity index (χ4n) is 2.79. The van der Waals surface area contributed by atoms with Crippen molar-refractivity contribution < 1.29 is 19.4 Å². The molecular formula is C19H24N4O4. The van der Waals surface area contributed by atoms with E-state index in [1.807, 2.05) is 24.3 Å². The molecule has 0 aliphatic heterocycles. The number of hydrogen-bond donors (Lipinski definition) is 3. The van der Waals surface area contributed by atoms with E-state index < -0.39 is 5.97 Å². The summed E-state index contributed by atoms with van der Waals surface area (Å²) >= 11 is 0. The van der Waals surface area contributed by atoms with Crippen LogP contribution in [0.25, 0.3) is 0 Å². The van der Waals surface area contributed by atoms with Gasteiger partial charge in [-0.05, 0) is 30.9 Å². The van der Waals surface area contributed by atoms with Crippen LogP contribution in [0.2, 0.25) is 0 Å². The molecule has 0 bridgehead atoms. The lowest BCUT2D eigenvalue weighted by Crippen LogP contribution is -2.11. The number of nitrogens with two attached hydrogens (primary N) is 2. The zero-order chi connectivity index (χ0) is 19.2. The number of carboxylic acids is 1. The lowest BCUT2D eigenvalue weighted by atomic mass is 10.1. The lowest BCUT2D eigenvalue weighted by molar-refractivity contribution is -0.136. The van der Waals surface area contributed by atoms with Gasteiger partial charge in [-0.3, -0.25) is 4.79 Å². The van der Waals surface area contributed by atoms with Crippen molar-refractivity contribution in [3.8, 4) is 11.5 Å². The molecule has 8 nitrogen and oxygen atoms in total. The molecule has 0 atom stereocenters. The summed E-state index contributed by atoms with van der Waals surface area (Å²) in [7, 11) is 0. The number of aliphatic carboxylic acids is 1. The molecule has 27 heavy (non-hydrogen) atoms. The van der Waals surface area contributed by atoms with Gasteiger partial charge in [0.1, 0.15) is 5.75 Å². The summed E-state index contributed by atoms with van der Waals surface area (Å²) in [6.45, 7) is 0.854. The fourth-order valence-corrected chi connectivity index (χ4v) is 2.79. The lowest BCUT2D eigenvalue weighted by Gasteiger charge is -2.14. The maximum absolute atomic E-state index is 10.8. The van der Waals surface area contributed by atoms with E-state index in [1.54, 1.807) is 0 Å². The number of ether oxygens (including phenoxy) is 2. The number of rotatable bonds is 10. The average molecular weight is 372 g/mol. The van der Waals surface area contributed by atoms with Crippen LogP contribution in [0.15, 0.2) is 24.3 Å². The number of anilines is 2. The molecule has 1 aromatic carbocycles. The highest BCUT2D eigenvalue weighted by molar-refractivity contribution is 5.67.